The van der Waals surface area contributed by atoms with Crippen LogP contribution in [0.3, 0.4) is 0 Å². The fourth-order valence-electron chi connectivity index (χ4n) is 2.87. The minimum atomic E-state index is -4.56. The van der Waals surface area contributed by atoms with E-state index in [4.69, 9.17) is 4.74 Å². The van der Waals surface area contributed by atoms with E-state index in [2.05, 4.69) is 20.1 Å². The van der Waals surface area contributed by atoms with Crippen molar-refractivity contribution in [3.63, 3.8) is 0 Å². The second-order valence-corrected chi connectivity index (χ2v) is 6.30. The maximum Gasteiger partial charge on any atom is 0.435 e. The van der Waals surface area contributed by atoms with Gasteiger partial charge in [-0.25, -0.2) is 14.6 Å². The lowest BCUT2D eigenvalue weighted by Gasteiger charge is -2.07. The highest BCUT2D eigenvalue weighted by molar-refractivity contribution is 5.82. The van der Waals surface area contributed by atoms with E-state index in [9.17, 15) is 18.0 Å². The van der Waals surface area contributed by atoms with E-state index >= 15 is 0 Å². The van der Waals surface area contributed by atoms with Crippen molar-refractivity contribution in [2.24, 2.45) is 4.99 Å². The zero-order valence-corrected chi connectivity index (χ0v) is 15.1. The third kappa shape index (κ3) is 3.86. The summed E-state index contributed by atoms with van der Waals surface area (Å²) in [5, 5.41) is 4.30. The second-order valence-electron chi connectivity index (χ2n) is 6.30. The molecule has 1 amide bonds. The van der Waals surface area contributed by atoms with E-state index in [1.54, 1.807) is 36.5 Å². The zero-order valence-electron chi connectivity index (χ0n) is 15.1. The third-order valence-electron chi connectivity index (χ3n) is 4.29. The average Bonchev–Trinajstić information content (AvgIpc) is 3.13. The van der Waals surface area contributed by atoms with E-state index in [1.807, 2.05) is 0 Å². The molecule has 1 aliphatic rings. The maximum atomic E-state index is 12.9. The van der Waals surface area contributed by atoms with Crippen LogP contribution in [0.4, 0.5) is 13.2 Å². The van der Waals surface area contributed by atoms with Crippen LogP contribution in [-0.2, 0) is 17.4 Å². The summed E-state index contributed by atoms with van der Waals surface area (Å²) in [6.07, 6.45) is -0.595. The van der Waals surface area contributed by atoms with Crippen LogP contribution in [0.5, 0.6) is 5.88 Å². The van der Waals surface area contributed by atoms with Crippen LogP contribution in [-0.4, -0.2) is 32.8 Å². The summed E-state index contributed by atoms with van der Waals surface area (Å²) in [6, 6.07) is 7.58. The fraction of sp³-hybridized carbons (Fsp3) is 0.211. The smallest absolute Gasteiger partial charge is 0.435 e. The van der Waals surface area contributed by atoms with Crippen molar-refractivity contribution in [1.82, 2.24) is 19.7 Å². The van der Waals surface area contributed by atoms with Gasteiger partial charge in [-0.15, -0.1) is 0 Å². The van der Waals surface area contributed by atoms with Gasteiger partial charge in [-0.2, -0.15) is 23.3 Å². The lowest BCUT2D eigenvalue weighted by Crippen LogP contribution is -2.34. The molecule has 1 aromatic carbocycles. The Labute approximate surface area is 162 Å². The van der Waals surface area contributed by atoms with Crippen molar-refractivity contribution >= 4 is 12.0 Å². The molecule has 0 saturated heterocycles. The number of benzene rings is 1. The van der Waals surface area contributed by atoms with Gasteiger partial charge in [0.1, 0.15) is 5.82 Å². The number of carbonyl (C=O) groups excluding carboxylic acids is 1. The summed E-state index contributed by atoms with van der Waals surface area (Å²) in [4.78, 5) is 23.9. The number of carbonyl (C=O) groups is 1. The van der Waals surface area contributed by atoms with Crippen molar-refractivity contribution in [2.75, 3.05) is 7.11 Å². The Bertz CT molecular complexity index is 1200. The Morgan fingerprint density at radius 3 is 2.66 bits per heavy atom. The minimum Gasteiger partial charge on any atom is -0.481 e. The molecule has 0 atom stereocenters. The lowest BCUT2D eigenvalue weighted by atomic mass is 10.1. The number of halogens is 3. The molecule has 0 bridgehead atoms. The van der Waals surface area contributed by atoms with Crippen molar-refractivity contribution in [2.45, 2.75) is 19.0 Å². The molecule has 4 rings (SSSR count). The Morgan fingerprint density at radius 1 is 1.21 bits per heavy atom. The standard InChI is InChI=1S/C19H14F3N5O2/c1-29-17-9-14(19(20,21)22)26-27(17)13-5-2-11(3-6-13)8-15-23-10-12-4-7-16(28)25-18(12)24-15/h2-6,9-10H,7-8H2,1H3. The number of aromatic nitrogens is 4. The molecular weight excluding hydrogens is 387 g/mol. The molecule has 7 nitrogen and oxygen atoms in total. The zero-order chi connectivity index (χ0) is 20.6. The van der Waals surface area contributed by atoms with Crippen LogP contribution in [0.1, 0.15) is 23.5 Å². The first kappa shape index (κ1) is 18.8. The van der Waals surface area contributed by atoms with E-state index in [0.29, 0.717) is 23.4 Å². The molecule has 0 unspecified atom stereocenters. The Balaban J connectivity index is 1.60. The summed E-state index contributed by atoms with van der Waals surface area (Å²) < 4.78 is 44.8. The highest BCUT2D eigenvalue weighted by Crippen LogP contribution is 2.32. The number of hydrogen-bond acceptors (Lipinski definition) is 5. The molecule has 10 heteroatoms. The first-order valence-corrected chi connectivity index (χ1v) is 8.58. The van der Waals surface area contributed by atoms with Gasteiger partial charge in [-0.1, -0.05) is 18.2 Å². The highest BCUT2D eigenvalue weighted by Gasteiger charge is 2.35. The lowest BCUT2D eigenvalue weighted by molar-refractivity contribution is -0.141. The van der Waals surface area contributed by atoms with Gasteiger partial charge in [0.15, 0.2) is 11.2 Å². The van der Waals surface area contributed by atoms with Crippen LogP contribution in [0.15, 0.2) is 41.5 Å². The monoisotopic (exact) mass is 401 g/mol. The van der Waals surface area contributed by atoms with Crippen LogP contribution < -0.4 is 15.4 Å². The molecule has 1 aliphatic heterocycles. The molecule has 0 fully saturated rings. The van der Waals surface area contributed by atoms with Crippen molar-refractivity contribution < 1.29 is 22.7 Å². The molecule has 2 aromatic heterocycles. The highest BCUT2D eigenvalue weighted by atomic mass is 19.4. The molecule has 148 valence electrons. The number of fused-ring (bicyclic) bond motifs is 1. The number of alkyl halides is 3. The quantitative estimate of drug-likeness (QED) is 0.664. The van der Waals surface area contributed by atoms with Crippen molar-refractivity contribution in [1.29, 1.82) is 0 Å². The Hall–Kier alpha value is -3.56. The molecule has 0 spiro atoms. The molecular formula is C19H14F3N5O2. The molecule has 3 heterocycles. The van der Waals surface area contributed by atoms with E-state index in [0.717, 1.165) is 21.5 Å². The maximum absolute atomic E-state index is 12.9. The molecule has 0 aliphatic carbocycles. The van der Waals surface area contributed by atoms with Gasteiger partial charge in [0, 0.05) is 30.3 Å². The first-order valence-electron chi connectivity index (χ1n) is 8.58. The fourth-order valence-corrected chi connectivity index (χ4v) is 2.87. The van der Waals surface area contributed by atoms with Gasteiger partial charge in [0.25, 0.3) is 5.91 Å². The van der Waals surface area contributed by atoms with Crippen LogP contribution >= 0.6 is 0 Å². The number of nitrogens with zero attached hydrogens (tertiary/aromatic N) is 5. The summed E-state index contributed by atoms with van der Waals surface area (Å²) in [5.41, 5.74) is 0.574. The van der Waals surface area contributed by atoms with Crippen molar-refractivity contribution in [3.05, 3.63) is 64.3 Å². The van der Waals surface area contributed by atoms with Gasteiger partial charge in [-0.05, 0) is 17.7 Å². The van der Waals surface area contributed by atoms with Crippen molar-refractivity contribution in [3.8, 4) is 11.6 Å². The average molecular weight is 401 g/mol. The summed E-state index contributed by atoms with van der Waals surface area (Å²) in [6.45, 7) is 0. The van der Waals surface area contributed by atoms with Crippen LogP contribution in [0.25, 0.3) is 11.8 Å². The normalized spacial score (nSPS) is 13.4. The van der Waals surface area contributed by atoms with E-state index in [1.165, 1.54) is 7.11 Å². The molecule has 0 N–H and O–H groups in total. The van der Waals surface area contributed by atoms with Crippen LogP contribution in [0, 0.1) is 0 Å². The summed E-state index contributed by atoms with van der Waals surface area (Å²) in [7, 11) is 1.28. The van der Waals surface area contributed by atoms with Crippen LogP contribution in [0.2, 0.25) is 0 Å². The molecule has 0 radical (unpaired) electrons. The van der Waals surface area contributed by atoms with E-state index < -0.39 is 11.9 Å². The summed E-state index contributed by atoms with van der Waals surface area (Å²) >= 11 is 0. The largest absolute Gasteiger partial charge is 0.481 e. The van der Waals surface area contributed by atoms with Gasteiger partial charge in [-0.3, -0.25) is 4.79 Å². The topological polar surface area (TPSA) is 82.3 Å². The van der Waals surface area contributed by atoms with Gasteiger partial charge < -0.3 is 4.74 Å². The number of ether oxygens (including phenoxy) is 1. The minimum absolute atomic E-state index is 0.0226. The number of methoxy groups -OCH3 is 1. The van der Waals surface area contributed by atoms with Gasteiger partial charge in [0.2, 0.25) is 5.88 Å². The first-order chi connectivity index (χ1) is 13.8. The number of hydrogen-bond donors (Lipinski definition) is 0. The number of amides is 1. The predicted molar refractivity (Wildman–Crippen MR) is 94.8 cm³/mol. The Morgan fingerprint density at radius 2 is 1.97 bits per heavy atom. The Kier molecular flexibility index (Phi) is 4.61. The van der Waals surface area contributed by atoms with Gasteiger partial charge >= 0.3 is 6.18 Å². The third-order valence-corrected chi connectivity index (χ3v) is 4.29. The molecule has 3 aromatic rings. The second kappa shape index (κ2) is 7.12. The summed E-state index contributed by atoms with van der Waals surface area (Å²) in [5.74, 6) is 0.211. The molecule has 29 heavy (non-hydrogen) atoms. The predicted octanol–water partition coefficient (Wildman–Crippen LogP) is 1.61. The molecule has 0 saturated carbocycles. The van der Waals surface area contributed by atoms with E-state index in [-0.39, 0.29) is 18.2 Å². The number of rotatable bonds is 4. The SMILES string of the molecule is COc1cc(C(F)(F)F)nn1-c1ccc(Cc2ncc3c(n2)=NC(=O)CC=3)cc1. The van der Waals surface area contributed by atoms with Gasteiger partial charge in [0.05, 0.1) is 12.8 Å².